The molecule has 100 valence electrons. The topological polar surface area (TPSA) is 62.9 Å². The molecule has 2 aliphatic rings. The molecule has 2 heterocycles. The van der Waals surface area contributed by atoms with Gasteiger partial charge in [0, 0.05) is 30.6 Å². The van der Waals surface area contributed by atoms with E-state index in [1.165, 1.54) is 0 Å². The first kappa shape index (κ1) is 12.0. The minimum absolute atomic E-state index is 0.757. The second-order valence-electron chi connectivity index (χ2n) is 4.61. The Balaban J connectivity index is 1.95. The third-order valence-electron chi connectivity index (χ3n) is 3.32. The van der Waals surface area contributed by atoms with E-state index in [9.17, 15) is 0 Å². The van der Waals surface area contributed by atoms with E-state index in [2.05, 4.69) is 15.2 Å². The van der Waals surface area contributed by atoms with Crippen LogP contribution in [0.15, 0.2) is 35.1 Å². The van der Waals surface area contributed by atoms with Gasteiger partial charge in [-0.1, -0.05) is 12.1 Å². The number of aliphatic imine (C=N–C) groups is 1. The standard InChI is InChI=1S/C14H18N4O/c15-12-3-1-11(2-4-12)13-14(17-6-5-16-13)18-7-9-19-10-8-18/h1-4,6,16H,5,7-10,15H2. The highest BCUT2D eigenvalue weighted by molar-refractivity contribution is 5.76. The van der Waals surface area contributed by atoms with Crippen LogP contribution in [0.1, 0.15) is 5.56 Å². The first-order chi connectivity index (χ1) is 9.34. The van der Waals surface area contributed by atoms with E-state index in [0.29, 0.717) is 0 Å². The highest BCUT2D eigenvalue weighted by atomic mass is 16.5. The van der Waals surface area contributed by atoms with E-state index < -0.39 is 0 Å². The molecule has 0 aromatic heterocycles. The number of benzene rings is 1. The van der Waals surface area contributed by atoms with Gasteiger partial charge in [0.1, 0.15) is 0 Å². The summed E-state index contributed by atoms with van der Waals surface area (Å²) in [6.07, 6.45) is 1.91. The molecular formula is C14H18N4O. The number of nitrogens with two attached hydrogens (primary N) is 1. The molecule has 0 radical (unpaired) electrons. The van der Waals surface area contributed by atoms with Crippen molar-refractivity contribution in [2.75, 3.05) is 38.6 Å². The van der Waals surface area contributed by atoms with Gasteiger partial charge in [0.25, 0.3) is 0 Å². The van der Waals surface area contributed by atoms with Crippen LogP contribution in [-0.4, -0.2) is 44.0 Å². The van der Waals surface area contributed by atoms with Gasteiger partial charge in [0.15, 0.2) is 5.82 Å². The van der Waals surface area contributed by atoms with E-state index in [1.54, 1.807) is 0 Å². The van der Waals surface area contributed by atoms with Crippen molar-refractivity contribution in [1.29, 1.82) is 0 Å². The van der Waals surface area contributed by atoms with Crippen LogP contribution in [0.5, 0.6) is 0 Å². The van der Waals surface area contributed by atoms with Gasteiger partial charge < -0.3 is 20.7 Å². The first-order valence-corrected chi connectivity index (χ1v) is 6.54. The number of hydrogen-bond acceptors (Lipinski definition) is 5. The van der Waals surface area contributed by atoms with E-state index in [4.69, 9.17) is 10.5 Å². The van der Waals surface area contributed by atoms with Crippen LogP contribution >= 0.6 is 0 Å². The van der Waals surface area contributed by atoms with Gasteiger partial charge in [-0.25, -0.2) is 4.99 Å². The molecule has 3 N–H and O–H groups in total. The molecule has 0 spiro atoms. The minimum atomic E-state index is 0.757. The lowest BCUT2D eigenvalue weighted by molar-refractivity contribution is 0.0532. The average molecular weight is 258 g/mol. The second-order valence-corrected chi connectivity index (χ2v) is 4.61. The lowest BCUT2D eigenvalue weighted by atomic mass is 10.1. The Hall–Kier alpha value is -2.01. The second kappa shape index (κ2) is 5.32. The van der Waals surface area contributed by atoms with Crippen LogP contribution in [0.4, 0.5) is 5.69 Å². The number of anilines is 1. The van der Waals surface area contributed by atoms with Crippen LogP contribution in [-0.2, 0) is 4.74 Å². The Morgan fingerprint density at radius 3 is 2.63 bits per heavy atom. The molecule has 3 rings (SSSR count). The number of rotatable bonds is 2. The molecular weight excluding hydrogens is 240 g/mol. The molecule has 0 unspecified atom stereocenters. The van der Waals surface area contributed by atoms with Crippen molar-refractivity contribution < 1.29 is 4.74 Å². The molecule has 5 heteroatoms. The summed E-state index contributed by atoms with van der Waals surface area (Å²) in [6.45, 7) is 4.04. The molecule has 1 aromatic rings. The quantitative estimate of drug-likeness (QED) is 0.774. The monoisotopic (exact) mass is 258 g/mol. The molecule has 0 bridgehead atoms. The van der Waals surface area contributed by atoms with Crippen LogP contribution in [0.25, 0.3) is 5.70 Å². The Morgan fingerprint density at radius 2 is 1.89 bits per heavy atom. The Bertz CT molecular complexity index is 501. The molecule has 1 aromatic carbocycles. The third kappa shape index (κ3) is 2.56. The zero-order valence-corrected chi connectivity index (χ0v) is 10.8. The van der Waals surface area contributed by atoms with Crippen molar-refractivity contribution in [2.45, 2.75) is 0 Å². The van der Waals surface area contributed by atoms with Crippen molar-refractivity contribution in [2.24, 2.45) is 4.99 Å². The predicted octanol–water partition coefficient (Wildman–Crippen LogP) is 0.901. The van der Waals surface area contributed by atoms with Crippen LogP contribution in [0, 0.1) is 0 Å². The van der Waals surface area contributed by atoms with Gasteiger partial charge in [-0.05, 0) is 12.1 Å². The number of nitrogens with zero attached hydrogens (tertiary/aromatic N) is 2. The highest BCUT2D eigenvalue weighted by Gasteiger charge is 2.19. The van der Waals surface area contributed by atoms with Crippen molar-refractivity contribution >= 4 is 17.6 Å². The van der Waals surface area contributed by atoms with Gasteiger partial charge in [0.2, 0.25) is 0 Å². The molecule has 19 heavy (non-hydrogen) atoms. The molecule has 0 saturated carbocycles. The SMILES string of the molecule is Nc1ccc(C2=C(N3CCOCC3)N=CCN2)cc1. The summed E-state index contributed by atoms with van der Waals surface area (Å²) in [5.41, 5.74) is 8.71. The summed E-state index contributed by atoms with van der Waals surface area (Å²) >= 11 is 0. The number of hydrogen-bond donors (Lipinski definition) is 2. The maximum Gasteiger partial charge on any atom is 0.152 e. The largest absolute Gasteiger partial charge is 0.399 e. The normalized spacial score (nSPS) is 19.5. The molecule has 0 atom stereocenters. The summed E-state index contributed by atoms with van der Waals surface area (Å²) in [6, 6.07) is 7.89. The van der Waals surface area contributed by atoms with Gasteiger partial charge in [-0.3, -0.25) is 0 Å². The zero-order valence-electron chi connectivity index (χ0n) is 10.8. The molecule has 5 nitrogen and oxygen atoms in total. The molecule has 2 aliphatic heterocycles. The lowest BCUT2D eigenvalue weighted by Crippen LogP contribution is -2.38. The summed E-state index contributed by atoms with van der Waals surface area (Å²) in [5.74, 6) is 0.999. The smallest absolute Gasteiger partial charge is 0.152 e. The van der Waals surface area contributed by atoms with Crippen molar-refractivity contribution in [1.82, 2.24) is 10.2 Å². The fraction of sp³-hybridized carbons (Fsp3) is 0.357. The Labute approximate surface area is 112 Å². The summed E-state index contributed by atoms with van der Waals surface area (Å²) in [4.78, 5) is 6.83. The number of nitrogen functional groups attached to an aromatic ring is 1. The van der Waals surface area contributed by atoms with Crippen molar-refractivity contribution in [3.63, 3.8) is 0 Å². The zero-order chi connectivity index (χ0) is 13.1. The van der Waals surface area contributed by atoms with Crippen LogP contribution in [0.2, 0.25) is 0 Å². The van der Waals surface area contributed by atoms with Gasteiger partial charge in [0.05, 0.1) is 25.5 Å². The fourth-order valence-electron chi connectivity index (χ4n) is 2.32. The molecule has 0 aliphatic carbocycles. The van der Waals surface area contributed by atoms with E-state index in [-0.39, 0.29) is 0 Å². The summed E-state index contributed by atoms with van der Waals surface area (Å²) in [7, 11) is 0. The summed E-state index contributed by atoms with van der Waals surface area (Å²) < 4.78 is 5.39. The fourth-order valence-corrected chi connectivity index (χ4v) is 2.32. The Kier molecular flexibility index (Phi) is 3.37. The van der Waals surface area contributed by atoms with E-state index in [1.807, 2.05) is 30.5 Å². The molecule has 1 fully saturated rings. The van der Waals surface area contributed by atoms with Gasteiger partial charge >= 0.3 is 0 Å². The highest BCUT2D eigenvalue weighted by Crippen LogP contribution is 2.23. The van der Waals surface area contributed by atoms with Crippen molar-refractivity contribution in [3.8, 4) is 0 Å². The molecule has 0 amide bonds. The minimum Gasteiger partial charge on any atom is -0.399 e. The van der Waals surface area contributed by atoms with E-state index >= 15 is 0 Å². The number of ether oxygens (including phenoxy) is 1. The van der Waals surface area contributed by atoms with Crippen molar-refractivity contribution in [3.05, 3.63) is 35.6 Å². The van der Waals surface area contributed by atoms with Gasteiger partial charge in [-0.15, -0.1) is 0 Å². The lowest BCUT2D eigenvalue weighted by Gasteiger charge is -2.32. The first-order valence-electron chi connectivity index (χ1n) is 6.54. The van der Waals surface area contributed by atoms with Gasteiger partial charge in [-0.2, -0.15) is 0 Å². The van der Waals surface area contributed by atoms with Crippen LogP contribution in [0.3, 0.4) is 0 Å². The Morgan fingerprint density at radius 1 is 1.16 bits per heavy atom. The number of morpholine rings is 1. The maximum atomic E-state index is 5.74. The van der Waals surface area contributed by atoms with E-state index in [0.717, 1.165) is 55.6 Å². The summed E-state index contributed by atoms with van der Waals surface area (Å²) in [5, 5.41) is 3.41. The average Bonchev–Trinajstić information content (AvgIpc) is 2.49. The number of nitrogens with one attached hydrogen (secondary N) is 1. The van der Waals surface area contributed by atoms with Crippen LogP contribution < -0.4 is 11.1 Å². The third-order valence-corrected chi connectivity index (χ3v) is 3.32. The maximum absolute atomic E-state index is 5.74. The predicted molar refractivity (Wildman–Crippen MR) is 76.7 cm³/mol. The molecule has 1 saturated heterocycles.